The predicted octanol–water partition coefficient (Wildman–Crippen LogP) is 1.68. The van der Waals surface area contributed by atoms with E-state index < -0.39 is 0 Å². The Morgan fingerprint density at radius 2 is 2.39 bits per heavy atom. The minimum atomic E-state index is 0.311. The lowest BCUT2D eigenvalue weighted by molar-refractivity contribution is 0.963. The molecule has 1 atom stereocenters. The number of thiocarbonyl (C=S) groups is 1. The van der Waals surface area contributed by atoms with Crippen molar-refractivity contribution >= 4 is 46.7 Å². The van der Waals surface area contributed by atoms with E-state index in [9.17, 15) is 0 Å². The lowest BCUT2D eigenvalue weighted by Crippen LogP contribution is -2.24. The number of hydrogen-bond acceptors (Lipinski definition) is 6. The number of nitrogens with zero attached hydrogens (tertiary/aromatic N) is 2. The highest BCUT2D eigenvalue weighted by atomic mass is 32.2. The van der Waals surface area contributed by atoms with Crippen LogP contribution < -0.4 is 11.1 Å². The summed E-state index contributed by atoms with van der Waals surface area (Å²) in [5.41, 5.74) is 7.10. The number of anilines is 1. The lowest BCUT2D eigenvalue weighted by Gasteiger charge is -2.21. The maximum Gasteiger partial charge on any atom is 0.223 e. The van der Waals surface area contributed by atoms with E-state index >= 15 is 0 Å². The summed E-state index contributed by atoms with van der Waals surface area (Å²) in [5.74, 6) is 4.29. The fraction of sp³-hybridized carbons (Fsp3) is 0.545. The van der Waals surface area contributed by atoms with E-state index in [0.29, 0.717) is 21.9 Å². The summed E-state index contributed by atoms with van der Waals surface area (Å²) < 4.78 is 0. The third-order valence-electron chi connectivity index (χ3n) is 2.48. The molecular formula is C11H16N4S3. The van der Waals surface area contributed by atoms with E-state index in [2.05, 4.69) is 15.3 Å². The molecule has 0 saturated carbocycles. The number of thioether (sulfide) groups is 2. The molecule has 1 aliphatic rings. The van der Waals surface area contributed by atoms with Crippen LogP contribution in [0.2, 0.25) is 0 Å². The Balaban J connectivity index is 1.97. The highest BCUT2D eigenvalue weighted by molar-refractivity contribution is 8.06. The largest absolute Gasteiger partial charge is 0.388 e. The van der Waals surface area contributed by atoms with E-state index in [1.807, 2.05) is 30.4 Å². The SMILES string of the molecule is Cc1cc(C(N)=S)nc(NCC2CSCCS2)n1. The summed E-state index contributed by atoms with van der Waals surface area (Å²) in [6.45, 7) is 2.80. The molecule has 0 radical (unpaired) electrons. The van der Waals surface area contributed by atoms with Crippen LogP contribution >= 0.6 is 35.7 Å². The number of nitrogens with one attached hydrogen (secondary N) is 1. The molecule has 1 aromatic heterocycles. The summed E-state index contributed by atoms with van der Waals surface area (Å²) in [6.07, 6.45) is 0. The smallest absolute Gasteiger partial charge is 0.223 e. The molecule has 0 amide bonds. The Labute approximate surface area is 121 Å². The van der Waals surface area contributed by atoms with Gasteiger partial charge in [0.05, 0.1) is 0 Å². The molecule has 3 N–H and O–H groups in total. The van der Waals surface area contributed by atoms with Gasteiger partial charge in [0, 0.05) is 34.7 Å². The van der Waals surface area contributed by atoms with Crippen molar-refractivity contribution in [1.82, 2.24) is 9.97 Å². The van der Waals surface area contributed by atoms with Crippen molar-refractivity contribution in [2.24, 2.45) is 5.73 Å². The first-order valence-electron chi connectivity index (χ1n) is 5.74. The molecule has 2 rings (SSSR count). The first-order chi connectivity index (χ1) is 8.65. The van der Waals surface area contributed by atoms with Crippen molar-refractivity contribution in [3.8, 4) is 0 Å². The van der Waals surface area contributed by atoms with Crippen LogP contribution in [-0.4, -0.2) is 44.0 Å². The second kappa shape index (κ2) is 6.58. The molecule has 0 aliphatic carbocycles. The van der Waals surface area contributed by atoms with Crippen LogP contribution in [0.4, 0.5) is 5.95 Å². The summed E-state index contributed by atoms with van der Waals surface area (Å²) in [5, 5.41) is 3.90. The number of aryl methyl sites for hydroxylation is 1. The van der Waals surface area contributed by atoms with Crippen molar-refractivity contribution in [2.45, 2.75) is 12.2 Å². The Hall–Kier alpha value is -0.530. The van der Waals surface area contributed by atoms with Crippen LogP contribution in [0.1, 0.15) is 11.4 Å². The van der Waals surface area contributed by atoms with Gasteiger partial charge in [-0.2, -0.15) is 23.5 Å². The maximum atomic E-state index is 5.60. The molecule has 0 aromatic carbocycles. The lowest BCUT2D eigenvalue weighted by atomic mass is 10.3. The number of nitrogens with two attached hydrogens (primary N) is 1. The molecule has 18 heavy (non-hydrogen) atoms. The van der Waals surface area contributed by atoms with Gasteiger partial charge in [-0.3, -0.25) is 0 Å². The van der Waals surface area contributed by atoms with Crippen LogP contribution in [0.25, 0.3) is 0 Å². The van der Waals surface area contributed by atoms with Crippen molar-refractivity contribution in [3.05, 3.63) is 17.5 Å². The zero-order valence-electron chi connectivity index (χ0n) is 10.2. The van der Waals surface area contributed by atoms with Gasteiger partial charge in [-0.05, 0) is 13.0 Å². The minimum Gasteiger partial charge on any atom is -0.388 e. The standard InChI is InChI=1S/C11H16N4S3/c1-7-4-9(10(12)16)15-11(14-7)13-5-8-6-17-2-3-18-8/h4,8H,2-3,5-6H2,1H3,(H2,12,16)(H,13,14,15). The van der Waals surface area contributed by atoms with Gasteiger partial charge in [-0.1, -0.05) is 12.2 Å². The van der Waals surface area contributed by atoms with Gasteiger partial charge in [-0.25, -0.2) is 9.97 Å². The van der Waals surface area contributed by atoms with E-state index in [-0.39, 0.29) is 0 Å². The summed E-state index contributed by atoms with van der Waals surface area (Å²) >= 11 is 8.96. The van der Waals surface area contributed by atoms with Crippen LogP contribution in [0.3, 0.4) is 0 Å². The van der Waals surface area contributed by atoms with Crippen LogP contribution in [0.5, 0.6) is 0 Å². The summed E-state index contributed by atoms with van der Waals surface area (Å²) in [7, 11) is 0. The molecule has 1 saturated heterocycles. The predicted molar refractivity (Wildman–Crippen MR) is 84.7 cm³/mol. The van der Waals surface area contributed by atoms with Gasteiger partial charge in [0.25, 0.3) is 0 Å². The molecule has 0 bridgehead atoms. The molecule has 1 aliphatic heterocycles. The fourth-order valence-corrected chi connectivity index (χ4v) is 4.35. The molecular weight excluding hydrogens is 284 g/mol. The zero-order chi connectivity index (χ0) is 13.0. The minimum absolute atomic E-state index is 0.311. The molecule has 1 aromatic rings. The van der Waals surface area contributed by atoms with Crippen molar-refractivity contribution in [3.63, 3.8) is 0 Å². The van der Waals surface area contributed by atoms with Gasteiger partial charge in [-0.15, -0.1) is 0 Å². The summed E-state index contributed by atoms with van der Waals surface area (Å²) in [6, 6.07) is 1.80. The number of aromatic nitrogens is 2. The molecule has 98 valence electrons. The fourth-order valence-electron chi connectivity index (χ4n) is 1.63. The van der Waals surface area contributed by atoms with Crippen LogP contribution in [0.15, 0.2) is 6.07 Å². The third-order valence-corrected chi connectivity index (χ3v) is 5.53. The number of rotatable bonds is 4. The van der Waals surface area contributed by atoms with E-state index in [1.54, 1.807) is 6.07 Å². The van der Waals surface area contributed by atoms with Crippen LogP contribution in [0, 0.1) is 6.92 Å². The van der Waals surface area contributed by atoms with Crippen molar-refractivity contribution < 1.29 is 0 Å². The molecule has 1 unspecified atom stereocenters. The molecule has 2 heterocycles. The monoisotopic (exact) mass is 300 g/mol. The average Bonchev–Trinajstić information content (AvgIpc) is 2.37. The van der Waals surface area contributed by atoms with E-state index in [4.69, 9.17) is 18.0 Å². The Morgan fingerprint density at radius 1 is 1.56 bits per heavy atom. The van der Waals surface area contributed by atoms with Gasteiger partial charge in [0.15, 0.2) is 0 Å². The molecule has 7 heteroatoms. The normalized spacial score (nSPS) is 19.5. The third kappa shape index (κ3) is 4.00. The van der Waals surface area contributed by atoms with Gasteiger partial charge >= 0.3 is 0 Å². The average molecular weight is 300 g/mol. The maximum absolute atomic E-state index is 5.60. The Morgan fingerprint density at radius 3 is 3.06 bits per heavy atom. The van der Waals surface area contributed by atoms with E-state index in [1.165, 1.54) is 17.3 Å². The molecule has 0 spiro atoms. The van der Waals surface area contributed by atoms with Crippen molar-refractivity contribution in [1.29, 1.82) is 0 Å². The topological polar surface area (TPSA) is 63.8 Å². The van der Waals surface area contributed by atoms with Gasteiger partial charge < -0.3 is 11.1 Å². The van der Waals surface area contributed by atoms with Gasteiger partial charge in [0.1, 0.15) is 10.7 Å². The highest BCUT2D eigenvalue weighted by Crippen LogP contribution is 2.23. The van der Waals surface area contributed by atoms with Crippen LogP contribution in [-0.2, 0) is 0 Å². The first-order valence-corrected chi connectivity index (χ1v) is 8.35. The summed E-state index contributed by atoms with van der Waals surface area (Å²) in [4.78, 5) is 8.97. The Bertz CT molecular complexity index is 432. The molecule has 1 fully saturated rings. The quantitative estimate of drug-likeness (QED) is 0.820. The van der Waals surface area contributed by atoms with Gasteiger partial charge in [0.2, 0.25) is 5.95 Å². The second-order valence-corrected chi connectivity index (χ2v) is 7.03. The van der Waals surface area contributed by atoms with E-state index in [0.717, 1.165) is 12.2 Å². The highest BCUT2D eigenvalue weighted by Gasteiger charge is 2.14. The number of hydrogen-bond donors (Lipinski definition) is 2. The second-order valence-electron chi connectivity index (χ2n) is 4.03. The first kappa shape index (κ1) is 13.9. The van der Waals surface area contributed by atoms with Crippen molar-refractivity contribution in [2.75, 3.05) is 29.1 Å². The molecule has 4 nitrogen and oxygen atoms in total. The Kier molecular flexibility index (Phi) is 5.08. The zero-order valence-corrected chi connectivity index (χ0v) is 12.6.